The lowest BCUT2D eigenvalue weighted by atomic mass is 9.81. The number of hydrogen-bond donors (Lipinski definition) is 2. The number of hydrogen-bond acceptors (Lipinski definition) is 3. The van der Waals surface area contributed by atoms with Crippen LogP contribution in [0.5, 0.6) is 0 Å². The van der Waals surface area contributed by atoms with E-state index in [0.29, 0.717) is 5.41 Å². The molecule has 1 aliphatic rings. The van der Waals surface area contributed by atoms with Crippen molar-refractivity contribution < 1.29 is 5.11 Å². The molecule has 3 nitrogen and oxygen atoms in total. The van der Waals surface area contributed by atoms with E-state index in [1.54, 1.807) is 0 Å². The number of rotatable bonds is 7. The van der Waals surface area contributed by atoms with E-state index in [1.165, 1.54) is 12.8 Å². The Morgan fingerprint density at radius 3 is 2.44 bits per heavy atom. The second kappa shape index (κ2) is 6.58. The van der Waals surface area contributed by atoms with Gasteiger partial charge in [0.05, 0.1) is 6.10 Å². The summed E-state index contributed by atoms with van der Waals surface area (Å²) in [6.07, 6.45) is 3.28. The van der Waals surface area contributed by atoms with Gasteiger partial charge in [0.25, 0.3) is 0 Å². The van der Waals surface area contributed by atoms with Gasteiger partial charge < -0.3 is 15.3 Å². The van der Waals surface area contributed by atoms with E-state index in [0.717, 1.165) is 39.1 Å². The minimum absolute atomic E-state index is 0.0921. The Morgan fingerprint density at radius 2 is 2.00 bits per heavy atom. The molecule has 3 heteroatoms. The molecule has 1 atom stereocenters. The molecule has 0 aliphatic carbocycles. The van der Waals surface area contributed by atoms with Crippen LogP contribution >= 0.6 is 0 Å². The van der Waals surface area contributed by atoms with Gasteiger partial charge in [0.15, 0.2) is 0 Å². The Labute approximate surface area is 100 Å². The second-order valence-electron chi connectivity index (χ2n) is 5.17. The summed E-state index contributed by atoms with van der Waals surface area (Å²) in [5, 5.41) is 13.0. The molecule has 1 fully saturated rings. The first kappa shape index (κ1) is 13.9. The number of likely N-dealkylation sites (tertiary alicyclic amines) is 1. The van der Waals surface area contributed by atoms with E-state index in [1.807, 2.05) is 0 Å². The first-order valence-electron chi connectivity index (χ1n) is 6.77. The predicted octanol–water partition coefficient (Wildman–Crippen LogP) is 1.47. The summed E-state index contributed by atoms with van der Waals surface area (Å²) in [5.41, 5.74) is 0.389. The molecule has 0 aromatic rings. The first-order valence-corrected chi connectivity index (χ1v) is 6.77. The standard InChI is InChI=1S/C13H28N2O/c1-4-13(5-2,10-14-6-3)11-15-8-7-12(16)9-15/h12,14,16H,4-11H2,1-3H3. The molecule has 16 heavy (non-hydrogen) atoms. The third-order valence-corrected chi connectivity index (χ3v) is 4.06. The fraction of sp³-hybridized carbons (Fsp3) is 1.00. The Hall–Kier alpha value is -0.120. The minimum Gasteiger partial charge on any atom is -0.392 e. The molecule has 0 amide bonds. The molecule has 2 N–H and O–H groups in total. The summed E-state index contributed by atoms with van der Waals surface area (Å²) in [5.74, 6) is 0. The van der Waals surface area contributed by atoms with Crippen molar-refractivity contribution in [3.63, 3.8) is 0 Å². The molecule has 1 rings (SSSR count). The van der Waals surface area contributed by atoms with Gasteiger partial charge in [-0.05, 0) is 31.2 Å². The Morgan fingerprint density at radius 1 is 1.31 bits per heavy atom. The van der Waals surface area contributed by atoms with Gasteiger partial charge in [-0.2, -0.15) is 0 Å². The van der Waals surface area contributed by atoms with Crippen LogP contribution in [0.4, 0.5) is 0 Å². The summed E-state index contributed by atoms with van der Waals surface area (Å²) < 4.78 is 0. The zero-order valence-corrected chi connectivity index (χ0v) is 11.1. The number of nitrogens with one attached hydrogen (secondary N) is 1. The Balaban J connectivity index is 2.48. The third-order valence-electron chi connectivity index (χ3n) is 4.06. The highest BCUT2D eigenvalue weighted by Gasteiger charge is 2.31. The van der Waals surface area contributed by atoms with Crippen molar-refractivity contribution in [2.45, 2.75) is 46.1 Å². The van der Waals surface area contributed by atoms with Gasteiger partial charge in [0.1, 0.15) is 0 Å². The topological polar surface area (TPSA) is 35.5 Å². The normalized spacial score (nSPS) is 22.9. The van der Waals surface area contributed by atoms with Crippen LogP contribution in [-0.2, 0) is 0 Å². The van der Waals surface area contributed by atoms with Crippen LogP contribution in [-0.4, -0.2) is 48.8 Å². The van der Waals surface area contributed by atoms with Crippen molar-refractivity contribution in [1.29, 1.82) is 0 Å². The van der Waals surface area contributed by atoms with Gasteiger partial charge in [0, 0.05) is 26.2 Å². The smallest absolute Gasteiger partial charge is 0.0679 e. The Bertz CT molecular complexity index is 192. The summed E-state index contributed by atoms with van der Waals surface area (Å²) in [6, 6.07) is 0. The quantitative estimate of drug-likeness (QED) is 0.692. The molecular weight excluding hydrogens is 200 g/mol. The minimum atomic E-state index is -0.0921. The number of β-amino-alcohol motifs (C(OH)–C–C–N with tert-alkyl or cyclic N) is 1. The van der Waals surface area contributed by atoms with E-state index >= 15 is 0 Å². The molecule has 1 unspecified atom stereocenters. The van der Waals surface area contributed by atoms with Crippen molar-refractivity contribution >= 4 is 0 Å². The van der Waals surface area contributed by atoms with Gasteiger partial charge >= 0.3 is 0 Å². The van der Waals surface area contributed by atoms with E-state index < -0.39 is 0 Å². The van der Waals surface area contributed by atoms with Gasteiger partial charge in [0.2, 0.25) is 0 Å². The maximum atomic E-state index is 9.56. The van der Waals surface area contributed by atoms with Crippen molar-refractivity contribution in [2.75, 3.05) is 32.7 Å². The summed E-state index contributed by atoms with van der Waals surface area (Å²) in [4.78, 5) is 2.43. The first-order chi connectivity index (χ1) is 7.65. The van der Waals surface area contributed by atoms with Crippen molar-refractivity contribution in [3.8, 4) is 0 Å². The van der Waals surface area contributed by atoms with E-state index in [9.17, 15) is 5.11 Å². The van der Waals surface area contributed by atoms with Crippen molar-refractivity contribution in [2.24, 2.45) is 5.41 Å². The lowest BCUT2D eigenvalue weighted by molar-refractivity contribution is 0.130. The lowest BCUT2D eigenvalue weighted by Crippen LogP contribution is -2.43. The number of aliphatic hydroxyl groups is 1. The largest absolute Gasteiger partial charge is 0.392 e. The second-order valence-corrected chi connectivity index (χ2v) is 5.17. The third kappa shape index (κ3) is 3.72. The average molecular weight is 228 g/mol. The fourth-order valence-corrected chi connectivity index (χ4v) is 2.60. The molecule has 0 bridgehead atoms. The molecular formula is C13H28N2O. The zero-order valence-electron chi connectivity index (χ0n) is 11.1. The maximum Gasteiger partial charge on any atom is 0.0679 e. The van der Waals surface area contributed by atoms with E-state index in [-0.39, 0.29) is 6.10 Å². The molecule has 0 spiro atoms. The molecule has 0 aromatic carbocycles. The predicted molar refractivity (Wildman–Crippen MR) is 68.6 cm³/mol. The van der Waals surface area contributed by atoms with Crippen LogP contribution in [0.15, 0.2) is 0 Å². The van der Waals surface area contributed by atoms with Gasteiger partial charge in [-0.15, -0.1) is 0 Å². The number of aliphatic hydroxyl groups excluding tert-OH is 1. The highest BCUT2D eigenvalue weighted by Crippen LogP contribution is 2.28. The average Bonchev–Trinajstić information content (AvgIpc) is 2.70. The number of nitrogens with zero attached hydrogens (tertiary/aromatic N) is 1. The summed E-state index contributed by atoms with van der Waals surface area (Å²) in [6.45, 7) is 11.9. The fourth-order valence-electron chi connectivity index (χ4n) is 2.60. The Kier molecular flexibility index (Phi) is 5.73. The van der Waals surface area contributed by atoms with E-state index in [4.69, 9.17) is 0 Å². The van der Waals surface area contributed by atoms with Gasteiger partial charge in [-0.25, -0.2) is 0 Å². The molecule has 1 saturated heterocycles. The van der Waals surface area contributed by atoms with Crippen LogP contribution < -0.4 is 5.32 Å². The highest BCUT2D eigenvalue weighted by atomic mass is 16.3. The summed E-state index contributed by atoms with van der Waals surface area (Å²) >= 11 is 0. The lowest BCUT2D eigenvalue weighted by Gasteiger charge is -2.36. The maximum absolute atomic E-state index is 9.56. The molecule has 96 valence electrons. The molecule has 1 heterocycles. The monoisotopic (exact) mass is 228 g/mol. The van der Waals surface area contributed by atoms with Crippen LogP contribution in [0, 0.1) is 5.41 Å². The van der Waals surface area contributed by atoms with Crippen LogP contribution in [0.2, 0.25) is 0 Å². The van der Waals surface area contributed by atoms with Crippen molar-refractivity contribution in [1.82, 2.24) is 10.2 Å². The molecule has 0 aromatic heterocycles. The highest BCUT2D eigenvalue weighted by molar-refractivity contribution is 4.86. The van der Waals surface area contributed by atoms with Crippen molar-refractivity contribution in [3.05, 3.63) is 0 Å². The van der Waals surface area contributed by atoms with Gasteiger partial charge in [-0.3, -0.25) is 0 Å². The molecule has 1 aliphatic heterocycles. The van der Waals surface area contributed by atoms with Crippen LogP contribution in [0.1, 0.15) is 40.0 Å². The zero-order chi connectivity index (χ0) is 12.0. The van der Waals surface area contributed by atoms with Crippen LogP contribution in [0.3, 0.4) is 0 Å². The van der Waals surface area contributed by atoms with Crippen LogP contribution in [0.25, 0.3) is 0 Å². The SMILES string of the molecule is CCNCC(CC)(CC)CN1CCC(O)C1. The molecule has 0 radical (unpaired) electrons. The van der Waals surface area contributed by atoms with E-state index in [2.05, 4.69) is 31.0 Å². The summed E-state index contributed by atoms with van der Waals surface area (Å²) in [7, 11) is 0. The van der Waals surface area contributed by atoms with Gasteiger partial charge in [-0.1, -0.05) is 20.8 Å². The molecule has 0 saturated carbocycles.